The SMILES string of the molecule is COc1cccc(CC(O)c2ccc(Cl)c(Br)c2)c1. The fraction of sp³-hybridized carbons (Fsp3) is 0.200. The highest BCUT2D eigenvalue weighted by Gasteiger charge is 2.10. The number of hydrogen-bond donors (Lipinski definition) is 1. The molecule has 0 aliphatic heterocycles. The van der Waals surface area contributed by atoms with Crippen LogP contribution in [0.15, 0.2) is 46.9 Å². The summed E-state index contributed by atoms with van der Waals surface area (Å²) in [7, 11) is 1.63. The largest absolute Gasteiger partial charge is 0.497 e. The normalized spacial score (nSPS) is 12.2. The molecule has 100 valence electrons. The van der Waals surface area contributed by atoms with E-state index in [-0.39, 0.29) is 0 Å². The predicted molar refractivity (Wildman–Crippen MR) is 80.8 cm³/mol. The monoisotopic (exact) mass is 340 g/mol. The molecule has 0 fully saturated rings. The van der Waals surface area contributed by atoms with Gasteiger partial charge in [0, 0.05) is 10.9 Å². The Morgan fingerprint density at radius 1 is 1.26 bits per heavy atom. The van der Waals surface area contributed by atoms with Crippen molar-refractivity contribution in [3.8, 4) is 5.75 Å². The molecule has 2 aromatic carbocycles. The lowest BCUT2D eigenvalue weighted by atomic mass is 10.0. The number of aliphatic hydroxyl groups is 1. The number of benzene rings is 2. The smallest absolute Gasteiger partial charge is 0.119 e. The highest BCUT2D eigenvalue weighted by molar-refractivity contribution is 9.10. The van der Waals surface area contributed by atoms with Gasteiger partial charge in [-0.15, -0.1) is 0 Å². The van der Waals surface area contributed by atoms with Gasteiger partial charge in [-0.05, 0) is 51.3 Å². The van der Waals surface area contributed by atoms with Crippen molar-refractivity contribution in [2.45, 2.75) is 12.5 Å². The fourth-order valence-electron chi connectivity index (χ4n) is 1.86. The van der Waals surface area contributed by atoms with E-state index in [9.17, 15) is 5.11 Å². The molecule has 1 atom stereocenters. The van der Waals surface area contributed by atoms with Crippen LogP contribution in [0.5, 0.6) is 5.75 Å². The average molecular weight is 342 g/mol. The van der Waals surface area contributed by atoms with Gasteiger partial charge in [-0.25, -0.2) is 0 Å². The molecule has 0 aliphatic rings. The molecule has 2 nitrogen and oxygen atoms in total. The molecule has 2 aromatic rings. The van der Waals surface area contributed by atoms with Gasteiger partial charge in [0.2, 0.25) is 0 Å². The van der Waals surface area contributed by atoms with E-state index in [4.69, 9.17) is 16.3 Å². The molecule has 19 heavy (non-hydrogen) atoms. The van der Waals surface area contributed by atoms with Gasteiger partial charge in [-0.1, -0.05) is 29.8 Å². The Balaban J connectivity index is 2.15. The van der Waals surface area contributed by atoms with Gasteiger partial charge in [0.05, 0.1) is 18.2 Å². The first-order valence-electron chi connectivity index (χ1n) is 5.86. The van der Waals surface area contributed by atoms with Gasteiger partial charge >= 0.3 is 0 Å². The quantitative estimate of drug-likeness (QED) is 0.894. The van der Waals surface area contributed by atoms with E-state index in [0.717, 1.165) is 21.3 Å². The van der Waals surface area contributed by atoms with Crippen molar-refractivity contribution in [1.82, 2.24) is 0 Å². The first-order chi connectivity index (χ1) is 9.10. The lowest BCUT2D eigenvalue weighted by molar-refractivity contribution is 0.178. The second-order valence-electron chi connectivity index (χ2n) is 4.24. The van der Waals surface area contributed by atoms with Crippen LogP contribution < -0.4 is 4.74 Å². The maximum atomic E-state index is 10.2. The third-order valence-electron chi connectivity index (χ3n) is 2.89. The minimum absolute atomic E-state index is 0.533. The van der Waals surface area contributed by atoms with Crippen LogP contribution in [0, 0.1) is 0 Å². The van der Waals surface area contributed by atoms with Crippen LogP contribution in [0.4, 0.5) is 0 Å². The molecule has 2 rings (SSSR count). The Hall–Kier alpha value is -1.03. The highest BCUT2D eigenvalue weighted by Crippen LogP contribution is 2.28. The summed E-state index contributed by atoms with van der Waals surface area (Å²) in [4.78, 5) is 0. The standard InChI is InChI=1S/C15H14BrClO2/c1-19-12-4-2-3-10(7-12)8-15(18)11-5-6-14(17)13(16)9-11/h2-7,9,15,18H,8H2,1H3. The molecule has 1 N–H and O–H groups in total. The minimum atomic E-state index is -0.569. The lowest BCUT2D eigenvalue weighted by Crippen LogP contribution is -2.02. The van der Waals surface area contributed by atoms with E-state index in [0.29, 0.717) is 11.4 Å². The number of hydrogen-bond acceptors (Lipinski definition) is 2. The second-order valence-corrected chi connectivity index (χ2v) is 5.51. The molecular weight excluding hydrogens is 328 g/mol. The van der Waals surface area contributed by atoms with Gasteiger partial charge in [0.25, 0.3) is 0 Å². The summed E-state index contributed by atoms with van der Waals surface area (Å²) < 4.78 is 5.96. The zero-order chi connectivity index (χ0) is 13.8. The second kappa shape index (κ2) is 6.42. The van der Waals surface area contributed by atoms with Crippen LogP contribution in [0.2, 0.25) is 5.02 Å². The maximum absolute atomic E-state index is 10.2. The molecule has 0 saturated heterocycles. The first kappa shape index (κ1) is 14.4. The fourth-order valence-corrected chi connectivity index (χ4v) is 2.37. The highest BCUT2D eigenvalue weighted by atomic mass is 79.9. The maximum Gasteiger partial charge on any atom is 0.119 e. The topological polar surface area (TPSA) is 29.5 Å². The third-order valence-corrected chi connectivity index (χ3v) is 4.11. The summed E-state index contributed by atoms with van der Waals surface area (Å²) in [5.41, 5.74) is 1.86. The molecule has 1 unspecified atom stereocenters. The first-order valence-corrected chi connectivity index (χ1v) is 7.03. The van der Waals surface area contributed by atoms with Crippen LogP contribution in [-0.4, -0.2) is 12.2 Å². The number of aliphatic hydroxyl groups excluding tert-OH is 1. The summed E-state index contributed by atoms with van der Waals surface area (Å²) in [5, 5.41) is 10.9. The van der Waals surface area contributed by atoms with Gasteiger partial charge in [-0.2, -0.15) is 0 Å². The molecule has 0 radical (unpaired) electrons. The minimum Gasteiger partial charge on any atom is -0.497 e. The number of rotatable bonds is 4. The summed E-state index contributed by atoms with van der Waals surface area (Å²) in [5.74, 6) is 0.794. The summed E-state index contributed by atoms with van der Waals surface area (Å²) in [6, 6.07) is 13.1. The molecule has 0 aliphatic carbocycles. The third kappa shape index (κ3) is 3.72. The predicted octanol–water partition coefficient (Wildman–Crippen LogP) is 4.39. The van der Waals surface area contributed by atoms with Crippen LogP contribution in [0.1, 0.15) is 17.2 Å². The Morgan fingerprint density at radius 2 is 2.05 bits per heavy atom. The van der Waals surface area contributed by atoms with Crippen LogP contribution >= 0.6 is 27.5 Å². The Bertz CT molecular complexity index is 572. The molecular formula is C15H14BrClO2. The van der Waals surface area contributed by atoms with Crippen LogP contribution in [0.25, 0.3) is 0 Å². The van der Waals surface area contributed by atoms with E-state index >= 15 is 0 Å². The Morgan fingerprint density at radius 3 is 2.74 bits per heavy atom. The van der Waals surface area contributed by atoms with Crippen molar-refractivity contribution < 1.29 is 9.84 Å². The summed E-state index contributed by atoms with van der Waals surface area (Å²) in [6.07, 6.45) is -0.0358. The van der Waals surface area contributed by atoms with E-state index in [1.54, 1.807) is 13.2 Å². The van der Waals surface area contributed by atoms with Gasteiger partial charge in [-0.3, -0.25) is 0 Å². The van der Waals surface area contributed by atoms with Crippen molar-refractivity contribution in [2.75, 3.05) is 7.11 Å². The van der Waals surface area contributed by atoms with Gasteiger partial charge < -0.3 is 9.84 Å². The summed E-state index contributed by atoms with van der Waals surface area (Å²) in [6.45, 7) is 0. The van der Waals surface area contributed by atoms with Crippen molar-refractivity contribution >= 4 is 27.5 Å². The molecule has 4 heteroatoms. The van der Waals surface area contributed by atoms with Crippen LogP contribution in [-0.2, 0) is 6.42 Å². The molecule has 0 aromatic heterocycles. The van der Waals surface area contributed by atoms with Gasteiger partial charge in [0.15, 0.2) is 0 Å². The van der Waals surface area contributed by atoms with Crippen molar-refractivity contribution in [1.29, 1.82) is 0 Å². The molecule has 0 amide bonds. The zero-order valence-corrected chi connectivity index (χ0v) is 12.8. The zero-order valence-electron chi connectivity index (χ0n) is 10.4. The molecule has 0 heterocycles. The Labute approximate surface area is 126 Å². The van der Waals surface area contributed by atoms with Crippen molar-refractivity contribution in [3.63, 3.8) is 0 Å². The number of ether oxygens (including phenoxy) is 1. The lowest BCUT2D eigenvalue weighted by Gasteiger charge is -2.12. The van der Waals surface area contributed by atoms with E-state index in [1.807, 2.05) is 36.4 Å². The van der Waals surface area contributed by atoms with Crippen molar-refractivity contribution in [2.24, 2.45) is 0 Å². The number of halogens is 2. The van der Waals surface area contributed by atoms with E-state index in [1.165, 1.54) is 0 Å². The van der Waals surface area contributed by atoms with E-state index in [2.05, 4.69) is 15.9 Å². The van der Waals surface area contributed by atoms with E-state index < -0.39 is 6.10 Å². The van der Waals surface area contributed by atoms with Crippen molar-refractivity contribution in [3.05, 3.63) is 63.1 Å². The van der Waals surface area contributed by atoms with Crippen LogP contribution in [0.3, 0.4) is 0 Å². The molecule has 0 bridgehead atoms. The molecule has 0 spiro atoms. The summed E-state index contributed by atoms with van der Waals surface area (Å²) >= 11 is 9.30. The number of methoxy groups -OCH3 is 1. The Kier molecular flexibility index (Phi) is 4.86. The average Bonchev–Trinajstić information content (AvgIpc) is 2.42. The molecule has 0 saturated carbocycles. The van der Waals surface area contributed by atoms with Gasteiger partial charge in [0.1, 0.15) is 5.75 Å².